The van der Waals surface area contributed by atoms with Crippen LogP contribution in [0.1, 0.15) is 28.9 Å². The van der Waals surface area contributed by atoms with Gasteiger partial charge in [0.05, 0.1) is 24.7 Å². The fourth-order valence-electron chi connectivity index (χ4n) is 3.86. The number of aliphatic hydroxyl groups is 4. The number of methoxy groups -OCH3 is 1. The molecule has 0 aliphatic carbocycles. The van der Waals surface area contributed by atoms with Crippen molar-refractivity contribution in [1.82, 2.24) is 0 Å². The molecule has 0 aromatic heterocycles. The number of fused-ring (bicyclic) bond motifs is 2. The van der Waals surface area contributed by atoms with Crippen LogP contribution in [-0.2, 0) is 9.47 Å². The number of aliphatic hydroxyl groups excluding tert-OH is 4. The number of rotatable bonds is 4. The Labute approximate surface area is 166 Å². The number of hydrogen-bond donors (Lipinski definition) is 4. The van der Waals surface area contributed by atoms with E-state index in [4.69, 9.17) is 18.9 Å². The molecule has 0 saturated carbocycles. The number of esters is 1. The van der Waals surface area contributed by atoms with E-state index in [0.29, 0.717) is 27.6 Å². The van der Waals surface area contributed by atoms with Crippen LogP contribution >= 0.6 is 0 Å². The minimum absolute atomic E-state index is 0.276. The SMILES string of the molecule is COc1c2c(cc3cccc(O[C@H]4O[C@H](CO)[C@@H](O)[C@H](O)[C@H]4O)c13)C(=O)O[C@@H]2C. The highest BCUT2D eigenvalue weighted by Crippen LogP contribution is 2.45. The van der Waals surface area contributed by atoms with Crippen molar-refractivity contribution in [2.24, 2.45) is 0 Å². The van der Waals surface area contributed by atoms with E-state index in [1.54, 1.807) is 31.2 Å². The zero-order valence-electron chi connectivity index (χ0n) is 15.8. The van der Waals surface area contributed by atoms with E-state index in [2.05, 4.69) is 0 Å². The summed E-state index contributed by atoms with van der Waals surface area (Å²) in [6.45, 7) is 1.17. The number of benzene rings is 2. The Bertz CT molecular complexity index is 941. The molecule has 1 saturated heterocycles. The van der Waals surface area contributed by atoms with Crippen molar-refractivity contribution in [2.75, 3.05) is 13.7 Å². The topological polar surface area (TPSA) is 135 Å². The molecule has 29 heavy (non-hydrogen) atoms. The number of cyclic esters (lactones) is 1. The fourth-order valence-corrected chi connectivity index (χ4v) is 3.86. The molecule has 2 aliphatic rings. The third-order valence-corrected chi connectivity index (χ3v) is 5.33. The Balaban J connectivity index is 1.79. The lowest BCUT2D eigenvalue weighted by Crippen LogP contribution is -2.60. The second kappa shape index (κ2) is 7.43. The van der Waals surface area contributed by atoms with Crippen LogP contribution < -0.4 is 9.47 Å². The molecular weight excluding hydrogens is 384 g/mol. The molecule has 0 unspecified atom stereocenters. The van der Waals surface area contributed by atoms with E-state index in [0.717, 1.165) is 0 Å². The molecule has 2 aromatic carbocycles. The Morgan fingerprint density at radius 2 is 1.90 bits per heavy atom. The first-order valence-electron chi connectivity index (χ1n) is 9.19. The average Bonchev–Trinajstić information content (AvgIpc) is 3.00. The van der Waals surface area contributed by atoms with Crippen molar-refractivity contribution in [1.29, 1.82) is 0 Å². The highest BCUT2D eigenvalue weighted by atomic mass is 16.7. The maximum absolute atomic E-state index is 12.1. The largest absolute Gasteiger partial charge is 0.496 e. The van der Waals surface area contributed by atoms with Gasteiger partial charge in [-0.2, -0.15) is 0 Å². The Hall–Kier alpha value is -2.43. The standard InChI is InChI=1S/C20H22O9/c1-8-13-10(19(25)27-8)6-9-4-3-5-11(14(9)18(13)26-2)28-20-17(24)16(23)15(22)12(7-21)29-20/h3-6,8,12,15-17,20-24H,7H2,1-2H3/t8-,12-,15-,16+,17-,20+/m1/s1. The second-order valence-electron chi connectivity index (χ2n) is 7.09. The smallest absolute Gasteiger partial charge is 0.339 e. The quantitative estimate of drug-likeness (QED) is 0.527. The first-order chi connectivity index (χ1) is 13.9. The minimum Gasteiger partial charge on any atom is -0.496 e. The second-order valence-corrected chi connectivity index (χ2v) is 7.09. The summed E-state index contributed by atoms with van der Waals surface area (Å²) in [7, 11) is 1.47. The molecule has 2 aromatic rings. The molecule has 4 rings (SSSR count). The average molecular weight is 406 g/mol. The van der Waals surface area contributed by atoms with Gasteiger partial charge < -0.3 is 39.4 Å². The van der Waals surface area contributed by atoms with Gasteiger partial charge in [0.1, 0.15) is 42.0 Å². The van der Waals surface area contributed by atoms with Crippen molar-refractivity contribution in [3.8, 4) is 11.5 Å². The summed E-state index contributed by atoms with van der Waals surface area (Å²) in [6, 6.07) is 6.77. The van der Waals surface area contributed by atoms with Gasteiger partial charge in [0.2, 0.25) is 6.29 Å². The minimum atomic E-state index is -1.56. The van der Waals surface area contributed by atoms with E-state index in [1.165, 1.54) is 7.11 Å². The molecule has 1 fully saturated rings. The van der Waals surface area contributed by atoms with Gasteiger partial charge in [-0.15, -0.1) is 0 Å². The molecule has 9 nitrogen and oxygen atoms in total. The zero-order chi connectivity index (χ0) is 20.9. The van der Waals surface area contributed by atoms with Crippen LogP contribution in [0.15, 0.2) is 24.3 Å². The summed E-state index contributed by atoms with van der Waals surface area (Å²) in [4.78, 5) is 12.1. The van der Waals surface area contributed by atoms with Gasteiger partial charge in [-0.1, -0.05) is 12.1 Å². The summed E-state index contributed by atoms with van der Waals surface area (Å²) in [5.41, 5.74) is 1.00. The van der Waals surface area contributed by atoms with Crippen molar-refractivity contribution >= 4 is 16.7 Å². The van der Waals surface area contributed by atoms with E-state index in [9.17, 15) is 25.2 Å². The predicted molar refractivity (Wildman–Crippen MR) is 98.7 cm³/mol. The molecule has 0 bridgehead atoms. The number of carbonyl (C=O) groups excluding carboxylic acids is 1. The maximum atomic E-state index is 12.1. The summed E-state index contributed by atoms with van der Waals surface area (Å²) in [5.74, 6) is 0.238. The van der Waals surface area contributed by atoms with Crippen molar-refractivity contribution in [2.45, 2.75) is 43.7 Å². The molecule has 2 aliphatic heterocycles. The van der Waals surface area contributed by atoms with Crippen LogP contribution in [0.2, 0.25) is 0 Å². The number of hydrogen-bond acceptors (Lipinski definition) is 9. The van der Waals surface area contributed by atoms with Crippen molar-refractivity contribution in [3.63, 3.8) is 0 Å². The van der Waals surface area contributed by atoms with E-state index in [1.807, 2.05) is 0 Å². The molecule has 6 atom stereocenters. The maximum Gasteiger partial charge on any atom is 0.339 e. The fraction of sp³-hybridized carbons (Fsp3) is 0.450. The third kappa shape index (κ3) is 3.11. The van der Waals surface area contributed by atoms with Crippen LogP contribution in [0.3, 0.4) is 0 Å². The summed E-state index contributed by atoms with van der Waals surface area (Å²) >= 11 is 0. The zero-order valence-corrected chi connectivity index (χ0v) is 15.8. The van der Waals surface area contributed by atoms with Crippen molar-refractivity contribution < 1.29 is 44.2 Å². The summed E-state index contributed by atoms with van der Waals surface area (Å²) in [6.07, 6.45) is -7.53. The van der Waals surface area contributed by atoms with Gasteiger partial charge in [-0.25, -0.2) is 4.79 Å². The molecule has 0 radical (unpaired) electrons. The first kappa shape index (κ1) is 19.9. The van der Waals surface area contributed by atoms with Gasteiger partial charge in [-0.3, -0.25) is 0 Å². The van der Waals surface area contributed by atoms with E-state index < -0.39 is 49.4 Å². The monoisotopic (exact) mass is 406 g/mol. The first-order valence-corrected chi connectivity index (χ1v) is 9.19. The van der Waals surface area contributed by atoms with Gasteiger partial charge in [0.15, 0.2) is 0 Å². The highest BCUT2D eigenvalue weighted by Gasteiger charge is 2.45. The summed E-state index contributed by atoms with van der Waals surface area (Å²) < 4.78 is 22.1. The van der Waals surface area contributed by atoms with Crippen LogP contribution in [0.5, 0.6) is 11.5 Å². The lowest BCUT2D eigenvalue weighted by Gasteiger charge is -2.39. The van der Waals surface area contributed by atoms with Gasteiger partial charge in [0.25, 0.3) is 0 Å². The molecular formula is C20H22O9. The lowest BCUT2D eigenvalue weighted by atomic mass is 9.97. The highest BCUT2D eigenvalue weighted by molar-refractivity contribution is 6.04. The number of carbonyl (C=O) groups is 1. The number of ether oxygens (including phenoxy) is 4. The summed E-state index contributed by atoms with van der Waals surface area (Å²) in [5, 5.41) is 40.8. The van der Waals surface area contributed by atoms with Crippen LogP contribution in [0.25, 0.3) is 10.8 Å². The van der Waals surface area contributed by atoms with Crippen LogP contribution in [-0.4, -0.2) is 70.8 Å². The van der Waals surface area contributed by atoms with Crippen LogP contribution in [0.4, 0.5) is 0 Å². The molecule has 0 spiro atoms. The molecule has 4 N–H and O–H groups in total. The molecule has 156 valence electrons. The Morgan fingerprint density at radius 3 is 2.59 bits per heavy atom. The lowest BCUT2D eigenvalue weighted by molar-refractivity contribution is -0.277. The van der Waals surface area contributed by atoms with Gasteiger partial charge in [-0.05, 0) is 24.4 Å². The van der Waals surface area contributed by atoms with Crippen molar-refractivity contribution in [3.05, 3.63) is 35.4 Å². The van der Waals surface area contributed by atoms with Gasteiger partial charge in [0, 0.05) is 5.56 Å². The van der Waals surface area contributed by atoms with E-state index >= 15 is 0 Å². The Morgan fingerprint density at radius 1 is 1.14 bits per heavy atom. The van der Waals surface area contributed by atoms with Gasteiger partial charge >= 0.3 is 5.97 Å². The normalized spacial score (nSPS) is 31.4. The molecule has 0 amide bonds. The molecule has 2 heterocycles. The third-order valence-electron chi connectivity index (χ3n) is 5.33. The Kier molecular flexibility index (Phi) is 5.09. The molecule has 9 heteroatoms. The van der Waals surface area contributed by atoms with Crippen LogP contribution in [0, 0.1) is 0 Å². The predicted octanol–water partition coefficient (Wildman–Crippen LogP) is 0.258. The van der Waals surface area contributed by atoms with E-state index in [-0.39, 0.29) is 5.75 Å².